The molecule has 1 unspecified atom stereocenters. The third kappa shape index (κ3) is 20.4. The molecule has 2 aromatic rings. The van der Waals surface area contributed by atoms with E-state index in [1.54, 1.807) is 24.3 Å². The zero-order valence-corrected chi connectivity index (χ0v) is 30.1. The average molecular weight is 689 g/mol. The molecule has 2 rings (SSSR count). The van der Waals surface area contributed by atoms with E-state index in [1.165, 1.54) is 57.6 Å². The van der Waals surface area contributed by atoms with Gasteiger partial charge in [-0.1, -0.05) is 116 Å². The summed E-state index contributed by atoms with van der Waals surface area (Å²) in [5.74, 6) is -3.20. The van der Waals surface area contributed by atoms with Crippen LogP contribution in [0.15, 0.2) is 36.4 Å². The number of hydrogen-bond acceptors (Lipinski definition) is 6. The van der Waals surface area contributed by atoms with Crippen molar-refractivity contribution in [2.24, 2.45) is 11.8 Å². The van der Waals surface area contributed by atoms with Gasteiger partial charge in [0.15, 0.2) is 0 Å². The molecule has 0 saturated carbocycles. The maximum absolute atomic E-state index is 11.3. The van der Waals surface area contributed by atoms with Crippen LogP contribution < -0.4 is 0 Å². The van der Waals surface area contributed by atoms with Gasteiger partial charge in [-0.05, 0) is 67.7 Å². The second-order valence-electron chi connectivity index (χ2n) is 13.3. The highest BCUT2D eigenvalue weighted by molar-refractivity contribution is 6.03. The van der Waals surface area contributed by atoms with E-state index in [1.807, 2.05) is 0 Å². The Morgan fingerprint density at radius 2 is 0.816 bits per heavy atom. The van der Waals surface area contributed by atoms with E-state index in [4.69, 9.17) is 20.4 Å². The standard InChI is InChI=1S/2C18H26O4.C3H8O2/c2*1-13(2)9-6-4-3-5-7-10-14-11-8-12-15(17(19)20)16(14)18(21)22;1-3(5)2-4/h2*8,11-13H,3-7,9-10H2,1-2H3,(H,19,20)(H,21,22);3-5H,2H2,1H3. The Labute approximate surface area is 292 Å². The quantitative estimate of drug-likeness (QED) is 0.0693. The van der Waals surface area contributed by atoms with Gasteiger partial charge in [-0.15, -0.1) is 0 Å². The maximum atomic E-state index is 11.3. The molecule has 0 bridgehead atoms. The van der Waals surface area contributed by atoms with Crippen molar-refractivity contribution in [1.29, 1.82) is 0 Å². The summed E-state index contributed by atoms with van der Waals surface area (Å²) in [6.07, 6.45) is 14.3. The molecule has 10 nitrogen and oxygen atoms in total. The van der Waals surface area contributed by atoms with Gasteiger partial charge in [0, 0.05) is 0 Å². The van der Waals surface area contributed by atoms with Crippen LogP contribution in [0.5, 0.6) is 0 Å². The smallest absolute Gasteiger partial charge is 0.336 e. The summed E-state index contributed by atoms with van der Waals surface area (Å²) in [4.78, 5) is 44.9. The van der Waals surface area contributed by atoms with Gasteiger partial charge in [-0.25, -0.2) is 19.2 Å². The lowest BCUT2D eigenvalue weighted by Crippen LogP contribution is -2.11. The van der Waals surface area contributed by atoms with E-state index in [0.717, 1.165) is 50.4 Å². The number of aliphatic hydroxyl groups is 2. The predicted molar refractivity (Wildman–Crippen MR) is 192 cm³/mol. The highest BCUT2D eigenvalue weighted by Gasteiger charge is 2.20. The Morgan fingerprint density at radius 1 is 0.510 bits per heavy atom. The van der Waals surface area contributed by atoms with Gasteiger partial charge < -0.3 is 30.6 Å². The minimum absolute atomic E-state index is 0.0604. The first-order valence-corrected chi connectivity index (χ1v) is 17.6. The summed E-state index contributed by atoms with van der Waals surface area (Å²) in [5.41, 5.74) is 0.873. The van der Waals surface area contributed by atoms with Crippen LogP contribution in [-0.4, -0.2) is 67.2 Å². The van der Waals surface area contributed by atoms with Crippen LogP contribution >= 0.6 is 0 Å². The number of aryl methyl sites for hydroxylation is 2. The van der Waals surface area contributed by atoms with E-state index in [0.29, 0.717) is 24.0 Å². The Balaban J connectivity index is 0.000000826. The van der Waals surface area contributed by atoms with Crippen LogP contribution in [0, 0.1) is 11.8 Å². The average Bonchev–Trinajstić information content (AvgIpc) is 3.03. The minimum atomic E-state index is -1.19. The molecule has 0 aliphatic carbocycles. The molecule has 2 aromatic carbocycles. The Kier molecular flexibility index (Phi) is 24.1. The molecule has 276 valence electrons. The van der Waals surface area contributed by atoms with Crippen LogP contribution in [0.4, 0.5) is 0 Å². The van der Waals surface area contributed by atoms with Crippen LogP contribution in [0.1, 0.15) is 164 Å². The molecule has 0 aliphatic heterocycles. The second kappa shape index (κ2) is 26.2. The van der Waals surface area contributed by atoms with Gasteiger partial charge in [0.25, 0.3) is 0 Å². The van der Waals surface area contributed by atoms with Crippen molar-refractivity contribution in [1.82, 2.24) is 0 Å². The molecule has 0 fully saturated rings. The summed E-state index contributed by atoms with van der Waals surface area (Å²) in [6, 6.07) is 9.37. The Bertz CT molecular complexity index is 1170. The molecule has 0 aromatic heterocycles. The van der Waals surface area contributed by atoms with Gasteiger partial charge in [-0.2, -0.15) is 0 Å². The summed E-state index contributed by atoms with van der Waals surface area (Å²) in [7, 11) is 0. The van der Waals surface area contributed by atoms with Crippen LogP contribution in [-0.2, 0) is 12.8 Å². The number of aromatic carboxylic acids is 4. The van der Waals surface area contributed by atoms with Crippen molar-refractivity contribution in [3.05, 3.63) is 69.8 Å². The number of carbonyl (C=O) groups is 4. The number of hydrogen-bond donors (Lipinski definition) is 6. The molecule has 0 spiro atoms. The SMILES string of the molecule is CC(C)CCCCCCCc1cccc(C(=O)O)c1C(=O)O.CC(C)CCCCCCCc1cccc(C(=O)O)c1C(=O)O.CC(O)CO. The zero-order valence-electron chi connectivity index (χ0n) is 30.1. The molecule has 6 N–H and O–H groups in total. The molecule has 0 amide bonds. The summed E-state index contributed by atoms with van der Waals surface area (Å²) in [6.45, 7) is 10.3. The fourth-order valence-electron chi connectivity index (χ4n) is 5.28. The highest BCUT2D eigenvalue weighted by atomic mass is 16.4. The van der Waals surface area contributed by atoms with E-state index < -0.39 is 30.0 Å². The van der Waals surface area contributed by atoms with Crippen molar-refractivity contribution >= 4 is 23.9 Å². The molecule has 0 heterocycles. The third-order valence-electron chi connectivity index (χ3n) is 7.91. The normalized spacial score (nSPS) is 11.3. The summed E-state index contributed by atoms with van der Waals surface area (Å²) < 4.78 is 0. The van der Waals surface area contributed by atoms with Crippen LogP contribution in [0.2, 0.25) is 0 Å². The number of unbranched alkanes of at least 4 members (excludes halogenated alkanes) is 8. The van der Waals surface area contributed by atoms with Crippen LogP contribution in [0.3, 0.4) is 0 Å². The first-order chi connectivity index (χ1) is 23.1. The molecule has 49 heavy (non-hydrogen) atoms. The van der Waals surface area contributed by atoms with E-state index in [-0.39, 0.29) is 28.9 Å². The largest absolute Gasteiger partial charge is 0.478 e. The molecule has 10 heteroatoms. The van der Waals surface area contributed by atoms with Crippen molar-refractivity contribution in [3.63, 3.8) is 0 Å². The molecular formula is C39H60O10. The van der Waals surface area contributed by atoms with Crippen molar-refractivity contribution < 1.29 is 49.8 Å². The number of carboxylic acid groups (broad SMARTS) is 4. The highest BCUT2D eigenvalue weighted by Crippen LogP contribution is 2.20. The lowest BCUT2D eigenvalue weighted by Gasteiger charge is -2.09. The zero-order chi connectivity index (χ0) is 37.4. The van der Waals surface area contributed by atoms with Crippen molar-refractivity contribution in [2.75, 3.05) is 6.61 Å². The first kappa shape index (κ1) is 45.2. The molecule has 0 radical (unpaired) electrons. The summed E-state index contributed by atoms with van der Waals surface area (Å²) in [5, 5.41) is 52.7. The van der Waals surface area contributed by atoms with E-state index in [9.17, 15) is 29.4 Å². The fraction of sp³-hybridized carbons (Fsp3) is 0.590. The molecular weight excluding hydrogens is 628 g/mol. The summed E-state index contributed by atoms with van der Waals surface area (Å²) >= 11 is 0. The van der Waals surface area contributed by atoms with Crippen molar-refractivity contribution in [2.45, 2.75) is 131 Å². The first-order valence-electron chi connectivity index (χ1n) is 17.6. The molecule has 0 aliphatic rings. The minimum Gasteiger partial charge on any atom is -0.478 e. The fourth-order valence-corrected chi connectivity index (χ4v) is 5.28. The monoisotopic (exact) mass is 688 g/mol. The van der Waals surface area contributed by atoms with Crippen LogP contribution in [0.25, 0.3) is 0 Å². The molecule has 1 atom stereocenters. The van der Waals surface area contributed by atoms with Gasteiger partial charge in [0.2, 0.25) is 0 Å². The molecule has 0 saturated heterocycles. The Morgan fingerprint density at radius 3 is 1.08 bits per heavy atom. The lowest BCUT2D eigenvalue weighted by atomic mass is 9.96. The lowest BCUT2D eigenvalue weighted by molar-refractivity contribution is 0.0650. The van der Waals surface area contributed by atoms with Gasteiger partial charge in [-0.3, -0.25) is 0 Å². The third-order valence-corrected chi connectivity index (χ3v) is 7.91. The number of rotatable bonds is 21. The van der Waals surface area contributed by atoms with E-state index >= 15 is 0 Å². The van der Waals surface area contributed by atoms with Crippen molar-refractivity contribution in [3.8, 4) is 0 Å². The van der Waals surface area contributed by atoms with E-state index in [2.05, 4.69) is 27.7 Å². The van der Waals surface area contributed by atoms with Gasteiger partial charge in [0.1, 0.15) is 0 Å². The number of aliphatic hydroxyl groups excluding tert-OH is 2. The maximum Gasteiger partial charge on any atom is 0.336 e. The predicted octanol–water partition coefficient (Wildman–Crippen LogP) is 8.60. The van der Waals surface area contributed by atoms with Gasteiger partial charge in [0.05, 0.1) is 35.0 Å². The number of benzene rings is 2. The van der Waals surface area contributed by atoms with Gasteiger partial charge >= 0.3 is 23.9 Å². The second-order valence-corrected chi connectivity index (χ2v) is 13.3. The number of carboxylic acids is 4. The Hall–Kier alpha value is -3.76. The topological polar surface area (TPSA) is 190 Å².